The maximum Gasteiger partial charge on any atom is 0.0790 e. The standard InChI is InChI=1S/C12H10N2/c1-3-9-10-4-2-8-14-12(10)6-5-11(9)13-7-1/h1-5,7-8,12H,6H2. The van der Waals surface area contributed by atoms with E-state index >= 15 is 0 Å². The molecular formula is C12H10N2. The van der Waals surface area contributed by atoms with Crippen molar-refractivity contribution < 1.29 is 0 Å². The van der Waals surface area contributed by atoms with Gasteiger partial charge in [0.15, 0.2) is 0 Å². The van der Waals surface area contributed by atoms with E-state index in [2.05, 4.69) is 28.2 Å². The number of fused-ring (bicyclic) bond motifs is 2. The SMILES string of the molecule is C1=CC2=c3cccnc3=CCC2N=C1. The van der Waals surface area contributed by atoms with E-state index in [9.17, 15) is 0 Å². The molecule has 68 valence electrons. The molecule has 2 nitrogen and oxygen atoms in total. The number of hydrogen-bond acceptors (Lipinski definition) is 2. The van der Waals surface area contributed by atoms with Crippen LogP contribution in [0.3, 0.4) is 0 Å². The molecular weight excluding hydrogens is 172 g/mol. The Morgan fingerprint density at radius 2 is 2.36 bits per heavy atom. The summed E-state index contributed by atoms with van der Waals surface area (Å²) in [6.45, 7) is 0. The maximum absolute atomic E-state index is 4.44. The lowest BCUT2D eigenvalue weighted by Gasteiger charge is -2.17. The highest BCUT2D eigenvalue weighted by Gasteiger charge is 2.15. The van der Waals surface area contributed by atoms with Crippen molar-refractivity contribution in [2.45, 2.75) is 12.5 Å². The summed E-state index contributed by atoms with van der Waals surface area (Å²) in [6, 6.07) is 4.41. The van der Waals surface area contributed by atoms with Gasteiger partial charge in [0.05, 0.1) is 11.4 Å². The summed E-state index contributed by atoms with van der Waals surface area (Å²) in [4.78, 5) is 8.79. The molecule has 0 saturated carbocycles. The van der Waals surface area contributed by atoms with Crippen LogP contribution in [-0.4, -0.2) is 17.2 Å². The van der Waals surface area contributed by atoms with Crippen molar-refractivity contribution in [1.29, 1.82) is 0 Å². The number of dihydropyridines is 1. The number of nitrogens with zero attached hydrogens (tertiary/aromatic N) is 2. The summed E-state index contributed by atoms with van der Waals surface area (Å²) >= 11 is 0. The average Bonchev–Trinajstić information content (AvgIpc) is 2.29. The second kappa shape index (κ2) is 2.91. The second-order valence-electron chi connectivity index (χ2n) is 3.50. The molecule has 0 spiro atoms. The van der Waals surface area contributed by atoms with Crippen LogP contribution in [0, 0.1) is 0 Å². The van der Waals surface area contributed by atoms with Gasteiger partial charge < -0.3 is 0 Å². The molecule has 0 amide bonds. The summed E-state index contributed by atoms with van der Waals surface area (Å²) < 4.78 is 0. The van der Waals surface area contributed by atoms with E-state index in [0.29, 0.717) is 6.04 Å². The first kappa shape index (κ1) is 7.68. The van der Waals surface area contributed by atoms with Crippen molar-refractivity contribution in [2.24, 2.45) is 4.99 Å². The van der Waals surface area contributed by atoms with Crippen LogP contribution < -0.4 is 10.6 Å². The van der Waals surface area contributed by atoms with Crippen LogP contribution in [0.2, 0.25) is 0 Å². The quantitative estimate of drug-likeness (QED) is 0.571. The Morgan fingerprint density at radius 3 is 3.36 bits per heavy atom. The summed E-state index contributed by atoms with van der Waals surface area (Å²) in [6.07, 6.45) is 11.0. The molecule has 1 unspecified atom stereocenters. The minimum absolute atomic E-state index is 0.316. The fraction of sp³-hybridized carbons (Fsp3) is 0.167. The van der Waals surface area contributed by atoms with Crippen molar-refractivity contribution in [3.8, 4) is 0 Å². The molecule has 0 N–H and O–H groups in total. The Hall–Kier alpha value is -1.70. The second-order valence-corrected chi connectivity index (χ2v) is 3.50. The molecule has 2 aliphatic rings. The topological polar surface area (TPSA) is 25.2 Å². The van der Waals surface area contributed by atoms with Gasteiger partial charge in [-0.2, -0.15) is 0 Å². The lowest BCUT2D eigenvalue weighted by Crippen LogP contribution is -2.36. The largest absolute Gasteiger partial charge is 0.285 e. The van der Waals surface area contributed by atoms with Crippen molar-refractivity contribution >= 4 is 17.9 Å². The maximum atomic E-state index is 4.44. The van der Waals surface area contributed by atoms with Crippen molar-refractivity contribution in [3.05, 3.63) is 41.0 Å². The zero-order valence-corrected chi connectivity index (χ0v) is 7.72. The van der Waals surface area contributed by atoms with Gasteiger partial charge in [-0.05, 0) is 24.1 Å². The number of pyridine rings is 1. The highest BCUT2D eigenvalue weighted by molar-refractivity contribution is 5.82. The summed E-state index contributed by atoms with van der Waals surface area (Å²) in [5.41, 5.74) is 1.30. The third kappa shape index (κ3) is 1.04. The fourth-order valence-corrected chi connectivity index (χ4v) is 2.00. The van der Waals surface area contributed by atoms with Crippen molar-refractivity contribution in [2.75, 3.05) is 0 Å². The van der Waals surface area contributed by atoms with Gasteiger partial charge >= 0.3 is 0 Å². The van der Waals surface area contributed by atoms with Crippen LogP contribution in [0.5, 0.6) is 0 Å². The predicted molar refractivity (Wildman–Crippen MR) is 57.4 cm³/mol. The molecule has 14 heavy (non-hydrogen) atoms. The Labute approximate surface area is 82.0 Å². The van der Waals surface area contributed by atoms with Gasteiger partial charge in [-0.25, -0.2) is 0 Å². The van der Waals surface area contributed by atoms with Gasteiger partial charge in [-0.15, -0.1) is 0 Å². The lowest BCUT2D eigenvalue weighted by atomic mass is 9.95. The fourth-order valence-electron chi connectivity index (χ4n) is 2.00. The molecule has 0 saturated heterocycles. The van der Waals surface area contributed by atoms with Crippen LogP contribution in [0.25, 0.3) is 11.6 Å². The van der Waals surface area contributed by atoms with Gasteiger partial charge in [0.25, 0.3) is 0 Å². The zero-order chi connectivity index (χ0) is 9.38. The van der Waals surface area contributed by atoms with Crippen LogP contribution in [0.4, 0.5) is 0 Å². The highest BCUT2D eigenvalue weighted by atomic mass is 14.8. The molecule has 1 aliphatic carbocycles. The number of aromatic nitrogens is 1. The first-order chi connectivity index (χ1) is 6.95. The number of rotatable bonds is 0. The molecule has 1 aromatic rings. The Morgan fingerprint density at radius 1 is 1.36 bits per heavy atom. The highest BCUT2D eigenvalue weighted by Crippen LogP contribution is 2.16. The Kier molecular flexibility index (Phi) is 1.60. The van der Waals surface area contributed by atoms with E-state index in [4.69, 9.17) is 0 Å². The summed E-state index contributed by atoms with van der Waals surface area (Å²) in [5.74, 6) is 0. The van der Waals surface area contributed by atoms with Crippen LogP contribution in [0.15, 0.2) is 35.5 Å². The van der Waals surface area contributed by atoms with E-state index in [1.807, 2.05) is 24.6 Å². The Balaban J connectivity index is 2.40. The smallest absolute Gasteiger partial charge is 0.0790 e. The number of allylic oxidation sites excluding steroid dienone is 1. The monoisotopic (exact) mass is 182 g/mol. The minimum Gasteiger partial charge on any atom is -0.285 e. The average molecular weight is 182 g/mol. The van der Waals surface area contributed by atoms with Gasteiger partial charge in [-0.3, -0.25) is 9.98 Å². The van der Waals surface area contributed by atoms with E-state index in [-0.39, 0.29) is 0 Å². The molecule has 3 rings (SSSR count). The zero-order valence-electron chi connectivity index (χ0n) is 7.72. The number of hydrogen-bond donors (Lipinski definition) is 0. The summed E-state index contributed by atoms with van der Waals surface area (Å²) in [5, 5.41) is 2.33. The minimum atomic E-state index is 0.316. The number of aliphatic imine (C=N–C) groups is 1. The van der Waals surface area contributed by atoms with Crippen LogP contribution in [0.1, 0.15) is 6.42 Å². The molecule has 1 aromatic heterocycles. The summed E-state index contributed by atoms with van der Waals surface area (Å²) in [7, 11) is 0. The molecule has 0 bridgehead atoms. The lowest BCUT2D eigenvalue weighted by molar-refractivity contribution is 0.861. The molecule has 0 aromatic carbocycles. The van der Waals surface area contributed by atoms with E-state index in [1.165, 1.54) is 10.8 Å². The normalized spacial score (nSPS) is 22.6. The van der Waals surface area contributed by atoms with Gasteiger partial charge in [0.1, 0.15) is 0 Å². The molecule has 1 atom stereocenters. The molecule has 2 heteroatoms. The Bertz CT molecular complexity index is 538. The van der Waals surface area contributed by atoms with E-state index in [0.717, 1.165) is 11.8 Å². The van der Waals surface area contributed by atoms with Crippen LogP contribution in [-0.2, 0) is 0 Å². The van der Waals surface area contributed by atoms with Crippen LogP contribution >= 0.6 is 0 Å². The van der Waals surface area contributed by atoms with Crippen molar-refractivity contribution in [1.82, 2.24) is 4.98 Å². The van der Waals surface area contributed by atoms with Gasteiger partial charge in [0, 0.05) is 17.6 Å². The van der Waals surface area contributed by atoms with E-state index < -0.39 is 0 Å². The van der Waals surface area contributed by atoms with Gasteiger partial charge in [0.2, 0.25) is 0 Å². The third-order valence-electron chi connectivity index (χ3n) is 2.67. The predicted octanol–water partition coefficient (Wildman–Crippen LogP) is 0.426. The van der Waals surface area contributed by atoms with E-state index in [1.54, 1.807) is 0 Å². The van der Waals surface area contributed by atoms with Gasteiger partial charge in [-0.1, -0.05) is 18.2 Å². The third-order valence-corrected chi connectivity index (χ3v) is 2.67. The first-order valence-corrected chi connectivity index (χ1v) is 4.80. The van der Waals surface area contributed by atoms with Crippen molar-refractivity contribution in [3.63, 3.8) is 0 Å². The first-order valence-electron chi connectivity index (χ1n) is 4.80. The molecule has 2 heterocycles. The molecule has 0 fully saturated rings. The molecule has 0 radical (unpaired) electrons. The molecule has 1 aliphatic heterocycles.